The number of urea groups is 1. The van der Waals surface area contributed by atoms with Crippen molar-refractivity contribution in [3.63, 3.8) is 0 Å². The van der Waals surface area contributed by atoms with Gasteiger partial charge in [-0.3, -0.25) is 4.90 Å². The van der Waals surface area contributed by atoms with Crippen molar-refractivity contribution in [3.8, 4) is 0 Å². The average molecular weight is 259 g/mol. The highest BCUT2D eigenvalue weighted by Gasteiger charge is 2.25. The minimum atomic E-state index is -0.546. The lowest BCUT2D eigenvalue weighted by Gasteiger charge is -2.31. The molecule has 0 aromatic carbocycles. The number of rotatable bonds is 3. The molecule has 0 spiro atoms. The number of nitrogens with one attached hydrogen (secondary N) is 1. The maximum atomic E-state index is 11.8. The third-order valence-corrected chi connectivity index (χ3v) is 2.23. The van der Waals surface area contributed by atoms with E-state index in [0.717, 1.165) is 0 Å². The zero-order valence-corrected chi connectivity index (χ0v) is 12.4. The maximum Gasteiger partial charge on any atom is 0.411 e. The average Bonchev–Trinajstić information content (AvgIpc) is 2.21. The van der Waals surface area contributed by atoms with Gasteiger partial charge in [0.2, 0.25) is 0 Å². The van der Waals surface area contributed by atoms with E-state index in [1.54, 1.807) is 41.9 Å². The lowest BCUT2D eigenvalue weighted by atomic mass is 10.2. The zero-order valence-electron chi connectivity index (χ0n) is 12.4. The van der Waals surface area contributed by atoms with Crippen LogP contribution in [0.3, 0.4) is 0 Å². The molecule has 0 rings (SSSR count). The molecular weight excluding hydrogens is 234 g/mol. The number of hydrogen-bond acceptors (Lipinski definition) is 3. The molecule has 0 bridgehead atoms. The Labute approximate surface area is 109 Å². The van der Waals surface area contributed by atoms with Gasteiger partial charge in [0.25, 0.3) is 0 Å². The van der Waals surface area contributed by atoms with Crippen molar-refractivity contribution >= 4 is 12.1 Å². The zero-order chi connectivity index (χ0) is 14.5. The molecule has 1 atom stereocenters. The Morgan fingerprint density at radius 3 is 2.06 bits per heavy atom. The Hall–Kier alpha value is -1.46. The lowest BCUT2D eigenvalue weighted by molar-refractivity contribution is 0.0195. The maximum absolute atomic E-state index is 11.8. The summed E-state index contributed by atoms with van der Waals surface area (Å²) in [5.41, 5.74) is -0.546. The number of ether oxygens (including phenoxy) is 1. The second-order valence-corrected chi connectivity index (χ2v) is 5.36. The number of carbonyl (C=O) groups excluding carboxylic acids is 2. The summed E-state index contributed by atoms with van der Waals surface area (Å²) in [5, 5.41) is 2.74. The van der Waals surface area contributed by atoms with Crippen LogP contribution < -0.4 is 5.32 Å². The van der Waals surface area contributed by atoms with Gasteiger partial charge >= 0.3 is 12.1 Å². The van der Waals surface area contributed by atoms with Crippen LogP contribution in [0, 0.1) is 0 Å². The summed E-state index contributed by atoms with van der Waals surface area (Å²) in [6.07, 6.45) is -0.224. The molecule has 0 aliphatic rings. The van der Waals surface area contributed by atoms with Gasteiger partial charge in [-0.1, -0.05) is 6.92 Å². The van der Waals surface area contributed by atoms with Gasteiger partial charge in [0.05, 0.1) is 0 Å². The minimum Gasteiger partial charge on any atom is -0.444 e. The van der Waals surface area contributed by atoms with Crippen molar-refractivity contribution in [2.45, 2.75) is 45.9 Å². The van der Waals surface area contributed by atoms with E-state index >= 15 is 0 Å². The van der Waals surface area contributed by atoms with Crippen LogP contribution in [0.5, 0.6) is 0 Å². The Bertz CT molecular complexity index is 297. The van der Waals surface area contributed by atoms with Crippen LogP contribution in [0.2, 0.25) is 0 Å². The van der Waals surface area contributed by atoms with Gasteiger partial charge in [-0.05, 0) is 27.2 Å². The van der Waals surface area contributed by atoms with Gasteiger partial charge in [0, 0.05) is 21.1 Å². The first-order valence-corrected chi connectivity index (χ1v) is 6.02. The molecule has 0 heterocycles. The molecule has 0 saturated heterocycles. The summed E-state index contributed by atoms with van der Waals surface area (Å²) in [7, 11) is 4.91. The molecule has 1 unspecified atom stereocenters. The molecule has 0 aliphatic carbocycles. The van der Waals surface area contributed by atoms with E-state index in [2.05, 4.69) is 5.32 Å². The van der Waals surface area contributed by atoms with Crippen LogP contribution in [-0.2, 0) is 4.74 Å². The molecule has 0 saturated carbocycles. The number of amides is 3. The summed E-state index contributed by atoms with van der Waals surface area (Å²) in [4.78, 5) is 26.2. The summed E-state index contributed by atoms with van der Waals surface area (Å²) in [6, 6.07) is -0.239. The Balaban J connectivity index is 4.56. The molecule has 18 heavy (non-hydrogen) atoms. The molecule has 3 amide bonds. The van der Waals surface area contributed by atoms with Crippen molar-refractivity contribution in [2.75, 3.05) is 21.1 Å². The predicted molar refractivity (Wildman–Crippen MR) is 70.3 cm³/mol. The van der Waals surface area contributed by atoms with Gasteiger partial charge in [-0.2, -0.15) is 0 Å². The topological polar surface area (TPSA) is 61.9 Å². The van der Waals surface area contributed by atoms with Crippen LogP contribution in [0.15, 0.2) is 0 Å². The van der Waals surface area contributed by atoms with Crippen molar-refractivity contribution in [1.82, 2.24) is 15.1 Å². The SMILES string of the molecule is CCC(NC(=O)N(C)C)N(C)C(=O)OC(C)(C)C. The van der Waals surface area contributed by atoms with E-state index < -0.39 is 11.7 Å². The molecule has 1 N–H and O–H groups in total. The predicted octanol–water partition coefficient (Wildman–Crippen LogP) is 1.86. The summed E-state index contributed by atoms with van der Waals surface area (Å²) in [6.45, 7) is 7.30. The Morgan fingerprint density at radius 1 is 1.22 bits per heavy atom. The highest BCUT2D eigenvalue weighted by Crippen LogP contribution is 2.11. The monoisotopic (exact) mass is 259 g/mol. The molecule has 6 heteroatoms. The Kier molecular flexibility index (Phi) is 5.94. The standard InChI is InChI=1S/C12H25N3O3/c1-8-9(13-10(16)14(5)6)15(7)11(17)18-12(2,3)4/h9H,8H2,1-7H3,(H,13,16). The van der Waals surface area contributed by atoms with Crippen molar-refractivity contribution in [2.24, 2.45) is 0 Å². The number of nitrogens with zero attached hydrogens (tertiary/aromatic N) is 2. The molecule has 0 aromatic heterocycles. The Morgan fingerprint density at radius 2 is 1.72 bits per heavy atom. The van der Waals surface area contributed by atoms with Crippen LogP contribution in [-0.4, -0.2) is 54.8 Å². The highest BCUT2D eigenvalue weighted by atomic mass is 16.6. The fraction of sp³-hybridized carbons (Fsp3) is 0.833. The highest BCUT2D eigenvalue weighted by molar-refractivity contribution is 5.75. The molecule has 6 nitrogen and oxygen atoms in total. The van der Waals surface area contributed by atoms with E-state index in [-0.39, 0.29) is 12.2 Å². The molecule has 106 valence electrons. The van der Waals surface area contributed by atoms with Gasteiger partial charge in [-0.25, -0.2) is 9.59 Å². The fourth-order valence-corrected chi connectivity index (χ4v) is 1.21. The smallest absolute Gasteiger partial charge is 0.411 e. The van der Waals surface area contributed by atoms with E-state index in [1.807, 2.05) is 6.92 Å². The van der Waals surface area contributed by atoms with Crippen LogP contribution in [0.4, 0.5) is 9.59 Å². The molecular formula is C12H25N3O3. The first-order valence-electron chi connectivity index (χ1n) is 6.02. The van der Waals surface area contributed by atoms with Crippen molar-refractivity contribution in [3.05, 3.63) is 0 Å². The molecule has 0 aliphatic heterocycles. The van der Waals surface area contributed by atoms with Crippen molar-refractivity contribution < 1.29 is 14.3 Å². The van der Waals surface area contributed by atoms with E-state index in [4.69, 9.17) is 4.74 Å². The summed E-state index contributed by atoms with van der Waals surface area (Å²) >= 11 is 0. The van der Waals surface area contributed by atoms with Gasteiger partial charge in [0.15, 0.2) is 0 Å². The van der Waals surface area contributed by atoms with Crippen LogP contribution in [0.1, 0.15) is 34.1 Å². The molecule has 0 fully saturated rings. The third-order valence-electron chi connectivity index (χ3n) is 2.23. The second-order valence-electron chi connectivity index (χ2n) is 5.36. The number of carbonyl (C=O) groups is 2. The fourth-order valence-electron chi connectivity index (χ4n) is 1.21. The number of hydrogen-bond donors (Lipinski definition) is 1. The first kappa shape index (κ1) is 16.5. The minimum absolute atomic E-state index is 0.239. The molecule has 0 aromatic rings. The lowest BCUT2D eigenvalue weighted by Crippen LogP contribution is -2.52. The molecule has 0 radical (unpaired) electrons. The van der Waals surface area contributed by atoms with Crippen LogP contribution in [0.25, 0.3) is 0 Å². The van der Waals surface area contributed by atoms with Gasteiger partial charge in [0.1, 0.15) is 11.8 Å². The van der Waals surface area contributed by atoms with E-state index in [1.165, 1.54) is 9.80 Å². The van der Waals surface area contributed by atoms with E-state index in [0.29, 0.717) is 6.42 Å². The summed E-state index contributed by atoms with van der Waals surface area (Å²) in [5.74, 6) is 0. The summed E-state index contributed by atoms with van der Waals surface area (Å²) < 4.78 is 5.25. The first-order chi connectivity index (χ1) is 8.08. The quantitative estimate of drug-likeness (QED) is 0.787. The normalized spacial score (nSPS) is 12.6. The second kappa shape index (κ2) is 6.47. The van der Waals surface area contributed by atoms with Crippen LogP contribution >= 0.6 is 0 Å². The van der Waals surface area contributed by atoms with Gasteiger partial charge < -0.3 is 15.0 Å². The van der Waals surface area contributed by atoms with Gasteiger partial charge in [-0.15, -0.1) is 0 Å². The third kappa shape index (κ3) is 5.75. The van der Waals surface area contributed by atoms with Crippen molar-refractivity contribution in [1.29, 1.82) is 0 Å². The van der Waals surface area contributed by atoms with E-state index in [9.17, 15) is 9.59 Å². The largest absolute Gasteiger partial charge is 0.444 e.